The molecule has 1 amide bonds. The van der Waals surface area contributed by atoms with Gasteiger partial charge in [0.1, 0.15) is 0 Å². The van der Waals surface area contributed by atoms with E-state index < -0.39 is 0 Å². The standard InChI is InChI=1S/C11H21NO2S/c1-5-14-10(13)12-8-6-7-9(12)15-11(2,3)4/h9H,5-8H2,1-4H3. The summed E-state index contributed by atoms with van der Waals surface area (Å²) in [6.07, 6.45) is 2.02. The van der Waals surface area contributed by atoms with Gasteiger partial charge in [-0.1, -0.05) is 20.8 Å². The average molecular weight is 231 g/mol. The van der Waals surface area contributed by atoms with Gasteiger partial charge in [0.25, 0.3) is 0 Å². The SMILES string of the molecule is CCOC(=O)N1CCCC1SC(C)(C)C. The Morgan fingerprint density at radius 3 is 2.73 bits per heavy atom. The van der Waals surface area contributed by atoms with Crippen molar-refractivity contribution in [2.24, 2.45) is 0 Å². The summed E-state index contributed by atoms with van der Waals surface area (Å²) >= 11 is 1.85. The van der Waals surface area contributed by atoms with Gasteiger partial charge in [-0.2, -0.15) is 0 Å². The number of carbonyl (C=O) groups is 1. The monoisotopic (exact) mass is 231 g/mol. The maximum Gasteiger partial charge on any atom is 0.410 e. The van der Waals surface area contributed by atoms with Crippen LogP contribution in [0.5, 0.6) is 0 Å². The zero-order chi connectivity index (χ0) is 11.5. The molecule has 1 fully saturated rings. The van der Waals surface area contributed by atoms with Crippen molar-refractivity contribution >= 4 is 17.9 Å². The Morgan fingerprint density at radius 2 is 2.20 bits per heavy atom. The van der Waals surface area contributed by atoms with Crippen molar-refractivity contribution in [2.75, 3.05) is 13.2 Å². The van der Waals surface area contributed by atoms with E-state index in [-0.39, 0.29) is 10.8 Å². The van der Waals surface area contributed by atoms with Gasteiger partial charge in [0.2, 0.25) is 0 Å². The number of rotatable bonds is 2. The summed E-state index contributed by atoms with van der Waals surface area (Å²) in [5.41, 5.74) is 0. The number of ether oxygens (including phenoxy) is 1. The Balaban J connectivity index is 2.53. The summed E-state index contributed by atoms with van der Waals surface area (Å²) in [6, 6.07) is 0. The topological polar surface area (TPSA) is 29.5 Å². The fraction of sp³-hybridized carbons (Fsp3) is 0.909. The van der Waals surface area contributed by atoms with Crippen molar-refractivity contribution in [3.63, 3.8) is 0 Å². The molecular formula is C11H21NO2S. The second-order valence-corrected chi connectivity index (χ2v) is 6.72. The molecule has 1 aliphatic heterocycles. The first kappa shape index (κ1) is 12.7. The second kappa shape index (κ2) is 5.10. The fourth-order valence-corrected chi connectivity index (χ4v) is 3.10. The lowest BCUT2D eigenvalue weighted by Crippen LogP contribution is -2.36. The van der Waals surface area contributed by atoms with E-state index in [1.165, 1.54) is 0 Å². The molecule has 4 heteroatoms. The third kappa shape index (κ3) is 3.93. The van der Waals surface area contributed by atoms with E-state index in [4.69, 9.17) is 4.74 Å². The van der Waals surface area contributed by atoms with Crippen LogP contribution in [0, 0.1) is 0 Å². The maximum absolute atomic E-state index is 11.6. The molecule has 0 spiro atoms. The highest BCUT2D eigenvalue weighted by Gasteiger charge is 2.32. The van der Waals surface area contributed by atoms with E-state index in [9.17, 15) is 4.79 Å². The van der Waals surface area contributed by atoms with E-state index in [1.54, 1.807) is 0 Å². The van der Waals surface area contributed by atoms with Gasteiger partial charge >= 0.3 is 6.09 Å². The number of nitrogens with zero attached hydrogens (tertiary/aromatic N) is 1. The number of hydrogen-bond donors (Lipinski definition) is 0. The minimum atomic E-state index is -0.156. The van der Waals surface area contributed by atoms with Crippen LogP contribution in [-0.4, -0.2) is 34.3 Å². The summed E-state index contributed by atoms with van der Waals surface area (Å²) in [7, 11) is 0. The molecule has 0 aromatic carbocycles. The van der Waals surface area contributed by atoms with Gasteiger partial charge in [0.15, 0.2) is 0 Å². The van der Waals surface area contributed by atoms with E-state index >= 15 is 0 Å². The first-order valence-corrected chi connectivity index (χ1v) is 6.43. The molecular weight excluding hydrogens is 210 g/mol. The lowest BCUT2D eigenvalue weighted by Gasteiger charge is -2.29. The van der Waals surface area contributed by atoms with Crippen LogP contribution in [0.1, 0.15) is 40.5 Å². The largest absolute Gasteiger partial charge is 0.450 e. The van der Waals surface area contributed by atoms with Crippen molar-refractivity contribution in [1.29, 1.82) is 0 Å². The Bertz CT molecular complexity index is 225. The predicted molar refractivity (Wildman–Crippen MR) is 64.1 cm³/mol. The number of amides is 1. The molecule has 0 saturated carbocycles. The molecule has 0 aromatic rings. The smallest absolute Gasteiger partial charge is 0.410 e. The molecule has 0 N–H and O–H groups in total. The molecule has 0 radical (unpaired) electrons. The molecule has 1 unspecified atom stereocenters. The van der Waals surface area contributed by atoms with Crippen LogP contribution in [0.25, 0.3) is 0 Å². The van der Waals surface area contributed by atoms with Crippen LogP contribution in [0.15, 0.2) is 0 Å². The van der Waals surface area contributed by atoms with Crippen molar-refractivity contribution in [3.8, 4) is 0 Å². The molecule has 0 aliphatic carbocycles. The number of carbonyl (C=O) groups excluding carboxylic acids is 1. The Morgan fingerprint density at radius 1 is 1.53 bits per heavy atom. The molecule has 1 saturated heterocycles. The highest BCUT2D eigenvalue weighted by molar-refractivity contribution is 8.01. The molecule has 1 heterocycles. The van der Waals surface area contributed by atoms with Crippen LogP contribution < -0.4 is 0 Å². The van der Waals surface area contributed by atoms with Crippen LogP contribution in [0.3, 0.4) is 0 Å². The molecule has 15 heavy (non-hydrogen) atoms. The van der Waals surface area contributed by atoms with Crippen LogP contribution in [-0.2, 0) is 4.74 Å². The Kier molecular flexibility index (Phi) is 4.32. The zero-order valence-electron chi connectivity index (χ0n) is 10.1. The van der Waals surface area contributed by atoms with E-state index in [1.807, 2.05) is 23.6 Å². The first-order chi connectivity index (χ1) is 6.94. The quantitative estimate of drug-likeness (QED) is 0.731. The van der Waals surface area contributed by atoms with Crippen molar-refractivity contribution in [1.82, 2.24) is 4.90 Å². The highest BCUT2D eigenvalue weighted by atomic mass is 32.2. The Hall–Kier alpha value is -0.380. The lowest BCUT2D eigenvalue weighted by atomic mass is 10.3. The molecule has 1 atom stereocenters. The van der Waals surface area contributed by atoms with Crippen LogP contribution in [0.2, 0.25) is 0 Å². The maximum atomic E-state index is 11.6. The molecule has 3 nitrogen and oxygen atoms in total. The fourth-order valence-electron chi connectivity index (χ4n) is 1.68. The Labute approximate surface area is 96.5 Å². The van der Waals surface area contributed by atoms with E-state index in [2.05, 4.69) is 20.8 Å². The number of likely N-dealkylation sites (tertiary alicyclic amines) is 1. The van der Waals surface area contributed by atoms with Crippen molar-refractivity contribution in [2.45, 2.75) is 50.7 Å². The molecule has 1 aliphatic rings. The van der Waals surface area contributed by atoms with Gasteiger partial charge in [-0.3, -0.25) is 4.90 Å². The van der Waals surface area contributed by atoms with Gasteiger partial charge < -0.3 is 4.74 Å². The van der Waals surface area contributed by atoms with Gasteiger partial charge in [-0.15, -0.1) is 11.8 Å². The van der Waals surface area contributed by atoms with Gasteiger partial charge in [-0.05, 0) is 19.8 Å². The minimum absolute atomic E-state index is 0.156. The molecule has 0 aromatic heterocycles. The summed E-state index contributed by atoms with van der Waals surface area (Å²) in [6.45, 7) is 9.69. The van der Waals surface area contributed by atoms with Crippen LogP contribution in [0.4, 0.5) is 4.79 Å². The van der Waals surface area contributed by atoms with Crippen LogP contribution >= 0.6 is 11.8 Å². The molecule has 88 valence electrons. The summed E-state index contributed by atoms with van der Waals surface area (Å²) < 4.78 is 5.24. The number of hydrogen-bond acceptors (Lipinski definition) is 3. The highest BCUT2D eigenvalue weighted by Crippen LogP contribution is 2.36. The second-order valence-electron chi connectivity index (χ2n) is 4.72. The summed E-state index contributed by atoms with van der Waals surface area (Å²) in [5, 5.41) is 0.295. The zero-order valence-corrected chi connectivity index (χ0v) is 10.9. The van der Waals surface area contributed by atoms with Gasteiger partial charge in [-0.25, -0.2) is 4.79 Å². The lowest BCUT2D eigenvalue weighted by molar-refractivity contribution is 0.112. The molecule has 1 rings (SSSR count). The van der Waals surface area contributed by atoms with E-state index in [0.717, 1.165) is 19.4 Å². The summed E-state index contributed by atoms with van der Waals surface area (Å²) in [5.74, 6) is 0. The van der Waals surface area contributed by atoms with E-state index in [0.29, 0.717) is 12.0 Å². The van der Waals surface area contributed by atoms with Crippen molar-refractivity contribution in [3.05, 3.63) is 0 Å². The number of thioether (sulfide) groups is 1. The van der Waals surface area contributed by atoms with Gasteiger partial charge in [0.05, 0.1) is 12.0 Å². The summed E-state index contributed by atoms with van der Waals surface area (Å²) in [4.78, 5) is 13.5. The van der Waals surface area contributed by atoms with Gasteiger partial charge in [0, 0.05) is 11.3 Å². The third-order valence-electron chi connectivity index (χ3n) is 2.19. The minimum Gasteiger partial charge on any atom is -0.450 e. The first-order valence-electron chi connectivity index (χ1n) is 5.55. The predicted octanol–water partition coefficient (Wildman–Crippen LogP) is 3.10. The normalized spacial score (nSPS) is 21.9. The van der Waals surface area contributed by atoms with Crippen molar-refractivity contribution < 1.29 is 9.53 Å². The average Bonchev–Trinajstić information content (AvgIpc) is 2.49. The third-order valence-corrected chi connectivity index (χ3v) is 3.66. The molecule has 0 bridgehead atoms.